The molecule has 0 bridgehead atoms. The van der Waals surface area contributed by atoms with Crippen LogP contribution in [0.25, 0.3) is 0 Å². The molecule has 0 spiro atoms. The van der Waals surface area contributed by atoms with E-state index in [4.69, 9.17) is 23.2 Å². The Morgan fingerprint density at radius 2 is 1.56 bits per heavy atom. The molecule has 0 radical (unpaired) electrons. The van der Waals surface area contributed by atoms with Crippen LogP contribution in [0.3, 0.4) is 0 Å². The Morgan fingerprint density at radius 3 is 2.15 bits per heavy atom. The first-order valence-corrected chi connectivity index (χ1v) is 16.0. The summed E-state index contributed by atoms with van der Waals surface area (Å²) in [5, 5.41) is 3.57. The number of carbonyl (C=O) groups is 2. The third kappa shape index (κ3) is 7.82. The van der Waals surface area contributed by atoms with Crippen LogP contribution in [0.4, 0.5) is 5.69 Å². The van der Waals surface area contributed by atoms with Crippen molar-refractivity contribution in [2.75, 3.05) is 10.8 Å². The van der Waals surface area contributed by atoms with E-state index < -0.39 is 28.5 Å². The summed E-state index contributed by atoms with van der Waals surface area (Å²) in [5.74, 6) is -0.752. The van der Waals surface area contributed by atoms with Gasteiger partial charge < -0.3 is 10.2 Å². The van der Waals surface area contributed by atoms with Crippen LogP contribution in [0.2, 0.25) is 10.0 Å². The molecule has 0 aliphatic heterocycles. The maximum absolute atomic E-state index is 14.2. The Kier molecular flexibility index (Phi) is 10.3. The number of sulfonamides is 1. The molecule has 2 amide bonds. The number of amides is 2. The van der Waals surface area contributed by atoms with Crippen molar-refractivity contribution in [3.8, 4) is 0 Å². The van der Waals surface area contributed by atoms with Gasteiger partial charge >= 0.3 is 0 Å². The number of rotatable bonds is 11. The fraction of sp³-hybridized carbons (Fsp3) is 0.355. The third-order valence-corrected chi connectivity index (χ3v) is 9.53. The average molecular weight is 617 g/mol. The molecule has 3 aromatic carbocycles. The SMILES string of the molecule is CC[C@@H](C(=O)NC1CCCC1)N(Cc1ccc(C)cc1)C(=O)CN(c1cc(Cl)cc(Cl)c1)S(=O)(=O)c1ccccc1. The molecule has 1 N–H and O–H groups in total. The molecule has 3 aromatic rings. The van der Waals surface area contributed by atoms with Gasteiger partial charge in [0, 0.05) is 22.6 Å². The lowest BCUT2D eigenvalue weighted by atomic mass is 10.1. The van der Waals surface area contributed by atoms with E-state index in [2.05, 4.69) is 5.32 Å². The van der Waals surface area contributed by atoms with E-state index >= 15 is 0 Å². The zero-order valence-corrected chi connectivity index (χ0v) is 25.6. The maximum Gasteiger partial charge on any atom is 0.264 e. The summed E-state index contributed by atoms with van der Waals surface area (Å²) in [6.45, 7) is 3.42. The summed E-state index contributed by atoms with van der Waals surface area (Å²) in [6, 6.07) is 19.3. The standard InChI is InChI=1S/C31H35Cl2N3O4S/c1-3-29(31(38)34-26-9-7-8-10-26)35(20-23-15-13-22(2)14-16-23)30(37)21-36(27-18-24(32)17-25(33)19-27)41(39,40)28-11-5-4-6-12-28/h4-6,11-19,26,29H,3,7-10,20-21H2,1-2H3,(H,34,38)/t29-/m0/s1. The fourth-order valence-electron chi connectivity index (χ4n) is 5.11. The van der Waals surface area contributed by atoms with Gasteiger partial charge in [0.1, 0.15) is 12.6 Å². The molecule has 1 aliphatic carbocycles. The second-order valence-electron chi connectivity index (χ2n) is 10.4. The zero-order valence-electron chi connectivity index (χ0n) is 23.2. The number of carbonyl (C=O) groups excluding carboxylic acids is 2. The lowest BCUT2D eigenvalue weighted by Gasteiger charge is -2.34. The Hall–Kier alpha value is -3.07. The van der Waals surface area contributed by atoms with Crippen LogP contribution >= 0.6 is 23.2 Å². The lowest BCUT2D eigenvalue weighted by Crippen LogP contribution is -2.53. The topological polar surface area (TPSA) is 86.8 Å². The van der Waals surface area contributed by atoms with E-state index in [0.29, 0.717) is 6.42 Å². The van der Waals surface area contributed by atoms with Crippen LogP contribution in [-0.4, -0.2) is 43.8 Å². The highest BCUT2D eigenvalue weighted by molar-refractivity contribution is 7.92. The van der Waals surface area contributed by atoms with Gasteiger partial charge in [-0.05, 0) is 62.1 Å². The summed E-state index contributed by atoms with van der Waals surface area (Å²) in [5.41, 5.74) is 2.05. The molecule has 41 heavy (non-hydrogen) atoms. The largest absolute Gasteiger partial charge is 0.352 e. The van der Waals surface area contributed by atoms with Crippen molar-refractivity contribution in [3.05, 3.63) is 94.0 Å². The molecule has 0 unspecified atom stereocenters. The number of aryl methyl sites for hydroxylation is 1. The van der Waals surface area contributed by atoms with E-state index in [-0.39, 0.29) is 39.1 Å². The van der Waals surface area contributed by atoms with Crippen LogP contribution in [0.1, 0.15) is 50.2 Å². The van der Waals surface area contributed by atoms with Crippen LogP contribution < -0.4 is 9.62 Å². The first-order valence-electron chi connectivity index (χ1n) is 13.8. The van der Waals surface area contributed by atoms with E-state index in [0.717, 1.165) is 41.1 Å². The molecule has 4 rings (SSSR count). The summed E-state index contributed by atoms with van der Waals surface area (Å²) < 4.78 is 28.8. The number of hydrogen-bond donors (Lipinski definition) is 1. The van der Waals surface area contributed by atoms with Gasteiger partial charge in [-0.15, -0.1) is 0 Å². The number of hydrogen-bond acceptors (Lipinski definition) is 4. The van der Waals surface area contributed by atoms with Crippen molar-refractivity contribution in [1.82, 2.24) is 10.2 Å². The van der Waals surface area contributed by atoms with Crippen LogP contribution in [0.5, 0.6) is 0 Å². The summed E-state index contributed by atoms with van der Waals surface area (Å²) >= 11 is 12.5. The minimum atomic E-state index is -4.20. The van der Waals surface area contributed by atoms with Crippen LogP contribution in [0, 0.1) is 6.92 Å². The van der Waals surface area contributed by atoms with Crippen molar-refractivity contribution >= 4 is 50.7 Å². The Morgan fingerprint density at radius 1 is 0.951 bits per heavy atom. The van der Waals surface area contributed by atoms with Gasteiger partial charge in [-0.1, -0.05) is 91.0 Å². The summed E-state index contributed by atoms with van der Waals surface area (Å²) in [6.07, 6.45) is 4.30. The second-order valence-corrected chi connectivity index (χ2v) is 13.1. The van der Waals surface area contributed by atoms with Gasteiger partial charge in [-0.3, -0.25) is 13.9 Å². The molecule has 0 saturated heterocycles. The van der Waals surface area contributed by atoms with Gasteiger partial charge in [0.25, 0.3) is 10.0 Å². The number of benzene rings is 3. The normalized spacial score (nSPS) is 14.4. The third-order valence-electron chi connectivity index (χ3n) is 7.31. The predicted octanol–water partition coefficient (Wildman–Crippen LogP) is 6.36. The van der Waals surface area contributed by atoms with Crippen LogP contribution in [0.15, 0.2) is 77.7 Å². The molecule has 1 aliphatic rings. The zero-order chi connectivity index (χ0) is 29.6. The number of anilines is 1. The molecular formula is C31H35Cl2N3O4S. The molecule has 1 atom stereocenters. The highest BCUT2D eigenvalue weighted by atomic mass is 35.5. The lowest BCUT2D eigenvalue weighted by molar-refractivity contribution is -0.140. The van der Waals surface area contributed by atoms with Crippen molar-refractivity contribution in [1.29, 1.82) is 0 Å². The first-order chi connectivity index (χ1) is 19.6. The van der Waals surface area contributed by atoms with Gasteiger partial charge in [0.2, 0.25) is 11.8 Å². The highest BCUT2D eigenvalue weighted by Gasteiger charge is 2.34. The summed E-state index contributed by atoms with van der Waals surface area (Å²) in [7, 11) is -4.20. The molecule has 10 heteroatoms. The van der Waals surface area contributed by atoms with Gasteiger partial charge in [0.05, 0.1) is 10.6 Å². The molecule has 1 fully saturated rings. The van der Waals surface area contributed by atoms with Crippen molar-refractivity contribution in [2.24, 2.45) is 0 Å². The Balaban J connectivity index is 1.72. The Bertz CT molecular complexity index is 1440. The van der Waals surface area contributed by atoms with Gasteiger partial charge in [0.15, 0.2) is 0 Å². The molecule has 7 nitrogen and oxygen atoms in total. The predicted molar refractivity (Wildman–Crippen MR) is 164 cm³/mol. The molecule has 1 saturated carbocycles. The molecule has 0 heterocycles. The van der Waals surface area contributed by atoms with Gasteiger partial charge in [-0.2, -0.15) is 0 Å². The fourth-order valence-corrected chi connectivity index (χ4v) is 7.04. The number of nitrogens with zero attached hydrogens (tertiary/aromatic N) is 2. The molecule has 218 valence electrons. The molecule has 0 aromatic heterocycles. The van der Waals surface area contributed by atoms with E-state index in [1.54, 1.807) is 18.2 Å². The van der Waals surface area contributed by atoms with E-state index in [9.17, 15) is 18.0 Å². The quantitative estimate of drug-likeness (QED) is 0.272. The smallest absolute Gasteiger partial charge is 0.264 e. The van der Waals surface area contributed by atoms with Crippen molar-refractivity contribution in [3.63, 3.8) is 0 Å². The van der Waals surface area contributed by atoms with Crippen molar-refractivity contribution < 1.29 is 18.0 Å². The second kappa shape index (κ2) is 13.7. The number of nitrogens with one attached hydrogen (secondary N) is 1. The van der Waals surface area contributed by atoms with E-state index in [1.165, 1.54) is 35.2 Å². The summed E-state index contributed by atoms with van der Waals surface area (Å²) in [4.78, 5) is 29.2. The number of halogens is 2. The van der Waals surface area contributed by atoms with Gasteiger partial charge in [-0.25, -0.2) is 8.42 Å². The maximum atomic E-state index is 14.2. The minimum absolute atomic E-state index is 0.0139. The first kappa shape index (κ1) is 30.9. The monoisotopic (exact) mass is 615 g/mol. The molecular weight excluding hydrogens is 581 g/mol. The minimum Gasteiger partial charge on any atom is -0.352 e. The Labute approximate surface area is 252 Å². The average Bonchev–Trinajstić information content (AvgIpc) is 3.45. The van der Waals surface area contributed by atoms with Crippen molar-refractivity contribution in [2.45, 2.75) is 69.5 Å². The van der Waals surface area contributed by atoms with E-state index in [1.807, 2.05) is 38.1 Å². The highest BCUT2D eigenvalue weighted by Crippen LogP contribution is 2.30. The van der Waals surface area contributed by atoms with Crippen LogP contribution in [-0.2, 0) is 26.2 Å².